The molecule has 0 saturated heterocycles. The first-order valence-electron chi connectivity index (χ1n) is 7.35. The predicted octanol–water partition coefficient (Wildman–Crippen LogP) is 2.98. The number of hydrogen-bond acceptors (Lipinski definition) is 2. The molecule has 1 N–H and O–H groups in total. The standard InChI is InChI=1S/C18H16FN3O/c19-16-6-4-15(5-7-16)18(23)20-12-10-14-2-8-17(9-3-14)22-13-1-11-21-22/h1-9,11,13H,10,12H2,(H,20,23). The Hall–Kier alpha value is -2.95. The monoisotopic (exact) mass is 309 g/mol. The van der Waals surface area contributed by atoms with Crippen LogP contribution in [0.25, 0.3) is 5.69 Å². The SMILES string of the molecule is O=C(NCCc1ccc(-n2cccn2)cc1)c1ccc(F)cc1. The maximum Gasteiger partial charge on any atom is 0.251 e. The molecule has 1 amide bonds. The van der Waals surface area contributed by atoms with E-state index in [1.807, 2.05) is 36.5 Å². The van der Waals surface area contributed by atoms with Gasteiger partial charge in [-0.15, -0.1) is 0 Å². The quantitative estimate of drug-likeness (QED) is 0.787. The summed E-state index contributed by atoms with van der Waals surface area (Å²) in [6.45, 7) is 0.525. The Morgan fingerprint density at radius 2 is 1.83 bits per heavy atom. The van der Waals surface area contributed by atoms with Gasteiger partial charge in [0.2, 0.25) is 0 Å². The highest BCUT2D eigenvalue weighted by molar-refractivity contribution is 5.94. The van der Waals surface area contributed by atoms with Crippen LogP contribution in [0, 0.1) is 5.82 Å². The number of halogens is 1. The average Bonchev–Trinajstić information content (AvgIpc) is 3.10. The highest BCUT2D eigenvalue weighted by atomic mass is 19.1. The number of rotatable bonds is 5. The molecular formula is C18H16FN3O. The van der Waals surface area contributed by atoms with Gasteiger partial charge < -0.3 is 5.32 Å². The maximum atomic E-state index is 12.8. The molecule has 0 spiro atoms. The van der Waals surface area contributed by atoms with Crippen LogP contribution in [-0.2, 0) is 6.42 Å². The Morgan fingerprint density at radius 3 is 2.48 bits per heavy atom. The molecule has 1 heterocycles. The van der Waals surface area contributed by atoms with E-state index in [-0.39, 0.29) is 11.7 Å². The van der Waals surface area contributed by atoms with E-state index in [0.717, 1.165) is 17.7 Å². The van der Waals surface area contributed by atoms with Gasteiger partial charge in [-0.2, -0.15) is 5.10 Å². The molecule has 1 aromatic heterocycles. The van der Waals surface area contributed by atoms with Crippen molar-refractivity contribution < 1.29 is 9.18 Å². The van der Waals surface area contributed by atoms with Crippen LogP contribution in [0.5, 0.6) is 0 Å². The minimum Gasteiger partial charge on any atom is -0.352 e. The molecule has 2 aromatic carbocycles. The first kappa shape index (κ1) is 15.0. The minimum absolute atomic E-state index is 0.196. The molecule has 23 heavy (non-hydrogen) atoms. The molecule has 0 radical (unpaired) electrons. The maximum absolute atomic E-state index is 12.8. The topological polar surface area (TPSA) is 46.9 Å². The van der Waals surface area contributed by atoms with Gasteiger partial charge in [-0.25, -0.2) is 9.07 Å². The van der Waals surface area contributed by atoms with Crippen molar-refractivity contribution in [3.63, 3.8) is 0 Å². The predicted molar refractivity (Wildman–Crippen MR) is 86.0 cm³/mol. The third-order valence-corrected chi connectivity index (χ3v) is 3.51. The van der Waals surface area contributed by atoms with Crippen molar-refractivity contribution in [1.29, 1.82) is 0 Å². The zero-order valence-corrected chi connectivity index (χ0v) is 12.4. The van der Waals surface area contributed by atoms with E-state index in [4.69, 9.17) is 0 Å². The van der Waals surface area contributed by atoms with Crippen molar-refractivity contribution in [1.82, 2.24) is 15.1 Å². The lowest BCUT2D eigenvalue weighted by Gasteiger charge is -2.07. The highest BCUT2D eigenvalue weighted by Crippen LogP contribution is 2.09. The number of nitrogens with zero attached hydrogens (tertiary/aromatic N) is 2. The summed E-state index contributed by atoms with van der Waals surface area (Å²) in [6.07, 6.45) is 4.35. The zero-order chi connectivity index (χ0) is 16.1. The van der Waals surface area contributed by atoms with Crippen LogP contribution in [0.4, 0.5) is 4.39 Å². The van der Waals surface area contributed by atoms with Gasteiger partial charge in [0.25, 0.3) is 5.91 Å². The minimum atomic E-state index is -0.348. The second-order valence-electron chi connectivity index (χ2n) is 5.13. The number of hydrogen-bond donors (Lipinski definition) is 1. The van der Waals surface area contributed by atoms with E-state index in [9.17, 15) is 9.18 Å². The fourth-order valence-electron chi connectivity index (χ4n) is 2.26. The Balaban J connectivity index is 1.52. The van der Waals surface area contributed by atoms with Crippen molar-refractivity contribution in [2.75, 3.05) is 6.54 Å². The Labute approximate surface area is 133 Å². The lowest BCUT2D eigenvalue weighted by atomic mass is 10.1. The third-order valence-electron chi connectivity index (χ3n) is 3.51. The first-order chi connectivity index (χ1) is 11.2. The molecule has 0 aliphatic heterocycles. The van der Waals surface area contributed by atoms with Gasteiger partial charge in [0.1, 0.15) is 5.82 Å². The van der Waals surface area contributed by atoms with E-state index in [0.29, 0.717) is 12.1 Å². The van der Waals surface area contributed by atoms with Crippen molar-refractivity contribution in [3.05, 3.63) is 83.9 Å². The summed E-state index contributed by atoms with van der Waals surface area (Å²) in [6, 6.07) is 15.4. The molecule has 0 atom stereocenters. The van der Waals surface area contributed by atoms with Crippen LogP contribution in [0.1, 0.15) is 15.9 Å². The summed E-state index contributed by atoms with van der Waals surface area (Å²) >= 11 is 0. The van der Waals surface area contributed by atoms with Crippen LogP contribution in [0.2, 0.25) is 0 Å². The molecule has 0 saturated carbocycles. The summed E-state index contributed by atoms with van der Waals surface area (Å²) in [5, 5.41) is 7.00. The molecule has 0 bridgehead atoms. The van der Waals surface area contributed by atoms with Gasteiger partial charge in [-0.05, 0) is 54.4 Å². The fraction of sp³-hybridized carbons (Fsp3) is 0.111. The molecule has 0 unspecified atom stereocenters. The number of nitrogens with one attached hydrogen (secondary N) is 1. The third kappa shape index (κ3) is 3.83. The molecule has 4 nitrogen and oxygen atoms in total. The van der Waals surface area contributed by atoms with E-state index < -0.39 is 0 Å². The summed E-state index contributed by atoms with van der Waals surface area (Å²) in [4.78, 5) is 11.9. The van der Waals surface area contributed by atoms with Crippen LogP contribution >= 0.6 is 0 Å². The molecule has 0 fully saturated rings. The van der Waals surface area contributed by atoms with Crippen molar-refractivity contribution >= 4 is 5.91 Å². The van der Waals surface area contributed by atoms with Crippen LogP contribution in [-0.4, -0.2) is 22.2 Å². The molecule has 116 valence electrons. The van der Waals surface area contributed by atoms with Crippen molar-refractivity contribution in [3.8, 4) is 5.69 Å². The molecule has 0 aliphatic rings. The molecule has 5 heteroatoms. The summed E-state index contributed by atoms with van der Waals surface area (Å²) < 4.78 is 14.6. The van der Waals surface area contributed by atoms with Gasteiger partial charge in [0, 0.05) is 24.5 Å². The highest BCUT2D eigenvalue weighted by Gasteiger charge is 2.05. The molecule has 0 aliphatic carbocycles. The Bertz CT molecular complexity index is 765. The van der Waals surface area contributed by atoms with Crippen LogP contribution in [0.15, 0.2) is 67.0 Å². The second-order valence-corrected chi connectivity index (χ2v) is 5.13. The summed E-state index contributed by atoms with van der Waals surface area (Å²) in [5.41, 5.74) is 2.58. The fourth-order valence-corrected chi connectivity index (χ4v) is 2.26. The lowest BCUT2D eigenvalue weighted by Crippen LogP contribution is -2.25. The Morgan fingerprint density at radius 1 is 1.09 bits per heavy atom. The van der Waals surface area contributed by atoms with Gasteiger partial charge in [-0.1, -0.05) is 12.1 Å². The molecular weight excluding hydrogens is 293 g/mol. The van der Waals surface area contributed by atoms with E-state index in [1.165, 1.54) is 24.3 Å². The second kappa shape index (κ2) is 6.87. The summed E-state index contributed by atoms with van der Waals surface area (Å²) in [7, 11) is 0. The lowest BCUT2D eigenvalue weighted by molar-refractivity contribution is 0.0954. The van der Waals surface area contributed by atoms with Gasteiger partial charge in [-0.3, -0.25) is 4.79 Å². The van der Waals surface area contributed by atoms with Crippen LogP contribution < -0.4 is 5.32 Å². The largest absolute Gasteiger partial charge is 0.352 e. The van der Waals surface area contributed by atoms with E-state index in [1.54, 1.807) is 10.9 Å². The smallest absolute Gasteiger partial charge is 0.251 e. The van der Waals surface area contributed by atoms with Crippen molar-refractivity contribution in [2.24, 2.45) is 0 Å². The summed E-state index contributed by atoms with van der Waals surface area (Å²) in [5.74, 6) is -0.544. The van der Waals surface area contributed by atoms with Crippen LogP contribution in [0.3, 0.4) is 0 Å². The number of carbonyl (C=O) groups is 1. The first-order valence-corrected chi connectivity index (χ1v) is 7.35. The van der Waals surface area contributed by atoms with E-state index in [2.05, 4.69) is 10.4 Å². The molecule has 3 aromatic rings. The number of benzene rings is 2. The van der Waals surface area contributed by atoms with Gasteiger partial charge in [0.15, 0.2) is 0 Å². The zero-order valence-electron chi connectivity index (χ0n) is 12.4. The number of aromatic nitrogens is 2. The van der Waals surface area contributed by atoms with Gasteiger partial charge in [0.05, 0.1) is 5.69 Å². The van der Waals surface area contributed by atoms with E-state index >= 15 is 0 Å². The normalized spacial score (nSPS) is 10.5. The number of amides is 1. The Kier molecular flexibility index (Phi) is 4.47. The molecule has 3 rings (SSSR count). The average molecular weight is 309 g/mol. The number of carbonyl (C=O) groups excluding carboxylic acids is 1. The van der Waals surface area contributed by atoms with Gasteiger partial charge >= 0.3 is 0 Å². The van der Waals surface area contributed by atoms with Crippen molar-refractivity contribution in [2.45, 2.75) is 6.42 Å².